The number of thioether (sulfide) groups is 1. The highest BCUT2D eigenvalue weighted by Crippen LogP contribution is 2.19. The van der Waals surface area contributed by atoms with Crippen molar-refractivity contribution in [3.8, 4) is 0 Å². The summed E-state index contributed by atoms with van der Waals surface area (Å²) in [6.07, 6.45) is 5.93. The molecule has 0 amide bonds. The van der Waals surface area contributed by atoms with Gasteiger partial charge >= 0.3 is 0 Å². The lowest BCUT2D eigenvalue weighted by Crippen LogP contribution is -2.44. The number of nitrogens with one attached hydrogen (secondary N) is 2. The maximum Gasteiger partial charge on any atom is 0.191 e. The van der Waals surface area contributed by atoms with E-state index < -0.39 is 0 Å². The molecular weight excluding hydrogens is 397 g/mol. The van der Waals surface area contributed by atoms with Crippen LogP contribution in [-0.2, 0) is 6.54 Å². The first-order valence-corrected chi connectivity index (χ1v) is 8.16. The fraction of sp³-hybridized carbons (Fsp3) is 0.714. The van der Waals surface area contributed by atoms with E-state index in [0.29, 0.717) is 5.92 Å². The minimum atomic E-state index is 0. The summed E-state index contributed by atoms with van der Waals surface area (Å²) < 4.78 is 2.16. The van der Waals surface area contributed by atoms with Crippen LogP contribution in [0.5, 0.6) is 0 Å². The van der Waals surface area contributed by atoms with E-state index in [2.05, 4.69) is 47.8 Å². The van der Waals surface area contributed by atoms with Crippen molar-refractivity contribution < 1.29 is 0 Å². The van der Waals surface area contributed by atoms with E-state index in [4.69, 9.17) is 0 Å². The number of hydrogen-bond donors (Lipinski definition) is 2. The molecule has 21 heavy (non-hydrogen) atoms. The fourth-order valence-electron chi connectivity index (χ4n) is 1.65. The van der Waals surface area contributed by atoms with E-state index in [9.17, 15) is 0 Å². The molecule has 1 heterocycles. The van der Waals surface area contributed by atoms with Crippen LogP contribution in [0.2, 0.25) is 0 Å². The average Bonchev–Trinajstić information content (AvgIpc) is 2.91. The number of hydrogen-bond acceptors (Lipinski definition) is 3. The Balaban J connectivity index is 0.00000400. The number of aromatic nitrogens is 2. The maximum atomic E-state index is 4.26. The monoisotopic (exact) mass is 425 g/mol. The molecule has 1 aromatic rings. The van der Waals surface area contributed by atoms with Gasteiger partial charge in [-0.2, -0.15) is 16.9 Å². The van der Waals surface area contributed by atoms with Crippen molar-refractivity contribution in [1.82, 2.24) is 20.4 Å². The molecule has 0 saturated heterocycles. The minimum Gasteiger partial charge on any atom is -0.356 e. The molecular formula is C14H28IN5S. The largest absolute Gasteiger partial charge is 0.356 e. The summed E-state index contributed by atoms with van der Waals surface area (Å²) in [5.74, 6) is 1.35. The lowest BCUT2D eigenvalue weighted by Gasteiger charge is -2.24. The molecule has 0 radical (unpaired) electrons. The van der Waals surface area contributed by atoms with Gasteiger partial charge in [0.05, 0.1) is 0 Å². The smallest absolute Gasteiger partial charge is 0.191 e. The highest BCUT2D eigenvalue weighted by atomic mass is 127. The van der Waals surface area contributed by atoms with Crippen LogP contribution < -0.4 is 10.6 Å². The molecule has 2 N–H and O–H groups in total. The fourth-order valence-corrected chi connectivity index (χ4v) is 1.87. The molecule has 1 unspecified atom stereocenters. The second-order valence-electron chi connectivity index (χ2n) is 5.60. The van der Waals surface area contributed by atoms with Crippen LogP contribution in [0.1, 0.15) is 20.8 Å². The van der Waals surface area contributed by atoms with Crippen molar-refractivity contribution >= 4 is 41.7 Å². The lowest BCUT2D eigenvalue weighted by molar-refractivity contribution is 0.443. The number of nitrogens with zero attached hydrogens (tertiary/aromatic N) is 3. The first-order chi connectivity index (χ1) is 9.46. The highest BCUT2D eigenvalue weighted by Gasteiger charge is 2.16. The quantitative estimate of drug-likeness (QED) is 0.400. The predicted octanol–water partition coefficient (Wildman–Crippen LogP) is 2.44. The van der Waals surface area contributed by atoms with Gasteiger partial charge in [-0.1, -0.05) is 6.92 Å². The molecule has 1 rings (SSSR count). The molecule has 0 aliphatic heterocycles. The Kier molecular flexibility index (Phi) is 10.1. The molecule has 0 fully saturated rings. The zero-order valence-corrected chi connectivity index (χ0v) is 16.7. The van der Waals surface area contributed by atoms with Gasteiger partial charge in [-0.25, -0.2) is 0 Å². The topological polar surface area (TPSA) is 54.2 Å². The second kappa shape index (κ2) is 10.3. The molecule has 7 heteroatoms. The molecule has 0 saturated carbocycles. The highest BCUT2D eigenvalue weighted by molar-refractivity contribution is 14.0. The Labute approximate surface area is 149 Å². The van der Waals surface area contributed by atoms with Crippen molar-refractivity contribution in [2.24, 2.45) is 10.9 Å². The molecule has 0 aliphatic rings. The summed E-state index contributed by atoms with van der Waals surface area (Å²) in [7, 11) is 1.81. The van der Waals surface area contributed by atoms with Gasteiger partial charge in [0.1, 0.15) is 0 Å². The Morgan fingerprint density at radius 1 is 1.43 bits per heavy atom. The predicted molar refractivity (Wildman–Crippen MR) is 104 cm³/mol. The molecule has 0 bridgehead atoms. The van der Waals surface area contributed by atoms with Crippen molar-refractivity contribution in [2.45, 2.75) is 32.1 Å². The molecule has 1 aromatic heterocycles. The Morgan fingerprint density at radius 3 is 2.67 bits per heavy atom. The summed E-state index contributed by atoms with van der Waals surface area (Å²) in [5, 5.41) is 11.0. The summed E-state index contributed by atoms with van der Waals surface area (Å²) in [6, 6.07) is 1.95. The van der Waals surface area contributed by atoms with Gasteiger partial charge in [0.25, 0.3) is 0 Å². The molecule has 0 aromatic carbocycles. The van der Waals surface area contributed by atoms with E-state index in [1.54, 1.807) is 7.05 Å². The average molecular weight is 425 g/mol. The summed E-state index contributed by atoms with van der Waals surface area (Å²) in [5.41, 5.74) is 0. The van der Waals surface area contributed by atoms with Gasteiger partial charge in [-0.3, -0.25) is 9.67 Å². The van der Waals surface area contributed by atoms with Crippen LogP contribution in [0.15, 0.2) is 23.5 Å². The van der Waals surface area contributed by atoms with E-state index >= 15 is 0 Å². The summed E-state index contributed by atoms with van der Waals surface area (Å²) in [4.78, 5) is 4.26. The van der Waals surface area contributed by atoms with Gasteiger partial charge in [0.15, 0.2) is 5.96 Å². The van der Waals surface area contributed by atoms with Gasteiger partial charge in [-0.15, -0.1) is 24.0 Å². The van der Waals surface area contributed by atoms with Crippen LogP contribution in [0, 0.1) is 5.92 Å². The number of halogens is 1. The first-order valence-electron chi connectivity index (χ1n) is 6.94. The zero-order chi connectivity index (χ0) is 15.0. The second-order valence-corrected chi connectivity index (χ2v) is 7.12. The van der Waals surface area contributed by atoms with Crippen molar-refractivity contribution in [3.05, 3.63) is 18.5 Å². The third-order valence-corrected chi connectivity index (χ3v) is 4.38. The van der Waals surface area contributed by atoms with Crippen LogP contribution in [-0.4, -0.2) is 46.9 Å². The molecule has 0 spiro atoms. The van der Waals surface area contributed by atoms with Crippen molar-refractivity contribution in [3.63, 3.8) is 0 Å². The van der Waals surface area contributed by atoms with Gasteiger partial charge in [0.2, 0.25) is 0 Å². The number of rotatable bonds is 7. The standard InChI is InChI=1S/C14H27N5S.HI/c1-12(10-19-8-6-7-18-19)9-16-13(15-4)17-11-14(2,3)20-5;/h6-8,12H,9-11H2,1-5H3,(H2,15,16,17);1H. The van der Waals surface area contributed by atoms with E-state index in [-0.39, 0.29) is 28.7 Å². The lowest BCUT2D eigenvalue weighted by atomic mass is 10.2. The Morgan fingerprint density at radius 2 is 2.14 bits per heavy atom. The Bertz CT molecular complexity index is 406. The molecule has 1 atom stereocenters. The van der Waals surface area contributed by atoms with Crippen molar-refractivity contribution in [2.75, 3.05) is 26.4 Å². The maximum absolute atomic E-state index is 4.26. The van der Waals surface area contributed by atoms with Gasteiger partial charge in [-0.05, 0) is 32.1 Å². The SMILES string of the molecule is CN=C(NCC(C)Cn1cccn1)NCC(C)(C)SC.I. The van der Waals surface area contributed by atoms with Gasteiger partial charge < -0.3 is 10.6 Å². The number of aliphatic imine (C=N–C) groups is 1. The normalized spacial score (nSPS) is 13.5. The Hall–Kier alpha value is -0.440. The summed E-state index contributed by atoms with van der Waals surface area (Å²) in [6.45, 7) is 9.32. The summed E-state index contributed by atoms with van der Waals surface area (Å²) >= 11 is 1.85. The third-order valence-electron chi connectivity index (χ3n) is 3.13. The van der Waals surface area contributed by atoms with E-state index in [1.165, 1.54) is 0 Å². The molecule has 122 valence electrons. The van der Waals surface area contributed by atoms with E-state index in [0.717, 1.165) is 25.6 Å². The third kappa shape index (κ3) is 8.55. The first kappa shape index (κ1) is 20.6. The number of guanidine groups is 1. The van der Waals surface area contributed by atoms with Crippen molar-refractivity contribution in [1.29, 1.82) is 0 Å². The van der Waals surface area contributed by atoms with Gasteiger partial charge in [0, 0.05) is 43.8 Å². The van der Waals surface area contributed by atoms with Crippen LogP contribution in [0.4, 0.5) is 0 Å². The van der Waals surface area contributed by atoms with E-state index in [1.807, 2.05) is 34.9 Å². The molecule has 5 nitrogen and oxygen atoms in total. The zero-order valence-electron chi connectivity index (χ0n) is 13.6. The minimum absolute atomic E-state index is 0. The molecule has 0 aliphatic carbocycles. The van der Waals surface area contributed by atoms with Crippen LogP contribution >= 0.6 is 35.7 Å². The van der Waals surface area contributed by atoms with Crippen LogP contribution in [0.25, 0.3) is 0 Å². The van der Waals surface area contributed by atoms with Crippen LogP contribution in [0.3, 0.4) is 0 Å².